The van der Waals surface area contributed by atoms with Crippen LogP contribution < -0.4 is 14.2 Å². The zero-order valence-corrected chi connectivity index (χ0v) is 8.74. The lowest BCUT2D eigenvalue weighted by Crippen LogP contribution is -2.00. The normalized spacial score (nSPS) is 13.0. The maximum Gasteiger partial charge on any atom is 0.323 e. The van der Waals surface area contributed by atoms with Gasteiger partial charge in [-0.15, -0.1) is 0 Å². The Balaban J connectivity index is 2.72. The van der Waals surface area contributed by atoms with Crippen molar-refractivity contribution in [2.45, 2.75) is 0 Å². The standard InChI is InChI=1S/C9H8N2O6/c1-15-9-7(11(13)14)5(3-10-12)2-6-8(9)17-4-16-6/h2-3,12H,4H2,1H3/b10-3-. The highest BCUT2D eigenvalue weighted by Crippen LogP contribution is 2.48. The predicted molar refractivity (Wildman–Crippen MR) is 55.2 cm³/mol. The van der Waals surface area contributed by atoms with E-state index in [0.29, 0.717) is 5.75 Å². The molecule has 1 heterocycles. The van der Waals surface area contributed by atoms with Gasteiger partial charge in [-0.25, -0.2) is 0 Å². The molecule has 1 aromatic carbocycles. The van der Waals surface area contributed by atoms with Crippen LogP contribution in [-0.4, -0.2) is 30.2 Å². The SMILES string of the molecule is COc1c2c(cc(/C=N\O)c1[N+](=O)[O-])OCO2. The van der Waals surface area contributed by atoms with Crippen molar-refractivity contribution in [3.63, 3.8) is 0 Å². The van der Waals surface area contributed by atoms with Crippen molar-refractivity contribution in [1.82, 2.24) is 0 Å². The number of nitro benzene ring substituents is 1. The minimum Gasteiger partial charge on any atom is -0.487 e. The van der Waals surface area contributed by atoms with E-state index in [1.54, 1.807) is 0 Å². The molecule has 0 bridgehead atoms. The summed E-state index contributed by atoms with van der Waals surface area (Å²) in [6.07, 6.45) is 0.933. The molecule has 17 heavy (non-hydrogen) atoms. The summed E-state index contributed by atoms with van der Waals surface area (Å²) in [6.45, 7) is -0.0391. The summed E-state index contributed by atoms with van der Waals surface area (Å²) in [6, 6.07) is 1.35. The van der Waals surface area contributed by atoms with Gasteiger partial charge in [-0.1, -0.05) is 5.16 Å². The fourth-order valence-electron chi connectivity index (χ4n) is 1.56. The lowest BCUT2D eigenvalue weighted by molar-refractivity contribution is -0.385. The van der Waals surface area contributed by atoms with Gasteiger partial charge in [-0.2, -0.15) is 0 Å². The minimum atomic E-state index is -0.641. The second-order valence-corrected chi connectivity index (χ2v) is 3.08. The molecule has 0 radical (unpaired) electrons. The maximum absolute atomic E-state index is 11.0. The van der Waals surface area contributed by atoms with E-state index in [2.05, 4.69) is 5.16 Å². The first-order valence-corrected chi connectivity index (χ1v) is 4.51. The molecule has 0 atom stereocenters. The first-order chi connectivity index (χ1) is 8.19. The van der Waals surface area contributed by atoms with E-state index in [1.165, 1.54) is 13.2 Å². The molecule has 0 aromatic heterocycles. The van der Waals surface area contributed by atoms with Crippen LogP contribution in [0.3, 0.4) is 0 Å². The largest absolute Gasteiger partial charge is 0.487 e. The Labute approximate surface area is 95.2 Å². The number of ether oxygens (including phenoxy) is 3. The summed E-state index contributed by atoms with van der Waals surface area (Å²) < 4.78 is 15.1. The average Bonchev–Trinajstić information content (AvgIpc) is 2.74. The van der Waals surface area contributed by atoms with Gasteiger partial charge in [0.1, 0.15) is 0 Å². The topological polar surface area (TPSA) is 103 Å². The third-order valence-corrected chi connectivity index (χ3v) is 2.21. The van der Waals surface area contributed by atoms with Crippen LogP contribution in [0.15, 0.2) is 11.2 Å². The van der Waals surface area contributed by atoms with Crippen molar-refractivity contribution in [1.29, 1.82) is 0 Å². The van der Waals surface area contributed by atoms with Gasteiger partial charge < -0.3 is 19.4 Å². The Hall–Kier alpha value is -2.51. The third-order valence-electron chi connectivity index (χ3n) is 2.21. The Bertz CT molecular complexity index is 499. The van der Waals surface area contributed by atoms with Crippen molar-refractivity contribution in [2.24, 2.45) is 5.16 Å². The van der Waals surface area contributed by atoms with Gasteiger partial charge in [0.05, 0.1) is 23.8 Å². The summed E-state index contributed by atoms with van der Waals surface area (Å²) in [4.78, 5) is 10.3. The summed E-state index contributed by atoms with van der Waals surface area (Å²) in [5.74, 6) is 0.427. The van der Waals surface area contributed by atoms with Gasteiger partial charge >= 0.3 is 5.69 Å². The summed E-state index contributed by atoms with van der Waals surface area (Å²) in [5.41, 5.74) is -0.270. The van der Waals surface area contributed by atoms with Crippen LogP contribution in [0.2, 0.25) is 0 Å². The molecule has 1 N–H and O–H groups in total. The average molecular weight is 240 g/mol. The molecule has 0 saturated carbocycles. The van der Waals surface area contributed by atoms with E-state index in [9.17, 15) is 10.1 Å². The molecule has 0 saturated heterocycles. The van der Waals surface area contributed by atoms with E-state index in [4.69, 9.17) is 19.4 Å². The molecule has 0 amide bonds. The minimum absolute atomic E-state index is 0.0391. The van der Waals surface area contributed by atoms with Gasteiger partial charge in [-0.3, -0.25) is 10.1 Å². The van der Waals surface area contributed by atoms with E-state index in [0.717, 1.165) is 6.21 Å². The van der Waals surface area contributed by atoms with E-state index >= 15 is 0 Å². The quantitative estimate of drug-likeness (QED) is 0.367. The number of benzene rings is 1. The van der Waals surface area contributed by atoms with Crippen LogP contribution in [0.5, 0.6) is 17.2 Å². The molecular weight excluding hydrogens is 232 g/mol. The number of nitro groups is 1. The summed E-state index contributed by atoms with van der Waals surface area (Å²) in [7, 11) is 1.28. The first-order valence-electron chi connectivity index (χ1n) is 4.51. The number of oxime groups is 1. The van der Waals surface area contributed by atoms with Crippen molar-refractivity contribution >= 4 is 11.9 Å². The molecule has 1 aromatic rings. The van der Waals surface area contributed by atoms with Crippen LogP contribution in [0.25, 0.3) is 0 Å². The number of rotatable bonds is 3. The highest BCUT2D eigenvalue weighted by Gasteiger charge is 2.31. The fraction of sp³-hybridized carbons (Fsp3) is 0.222. The summed E-state index contributed by atoms with van der Waals surface area (Å²) in [5, 5.41) is 22.2. The molecule has 8 heteroatoms. The van der Waals surface area contributed by atoms with Crippen LogP contribution in [0.4, 0.5) is 5.69 Å². The lowest BCUT2D eigenvalue weighted by atomic mass is 10.1. The molecular formula is C9H8N2O6. The Morgan fingerprint density at radius 1 is 1.65 bits per heavy atom. The van der Waals surface area contributed by atoms with Crippen LogP contribution in [0, 0.1) is 10.1 Å². The van der Waals surface area contributed by atoms with Gasteiger partial charge in [0.25, 0.3) is 0 Å². The Morgan fingerprint density at radius 2 is 2.41 bits per heavy atom. The first kappa shape index (κ1) is 11.0. The molecule has 8 nitrogen and oxygen atoms in total. The molecule has 0 fully saturated rings. The monoisotopic (exact) mass is 240 g/mol. The highest BCUT2D eigenvalue weighted by molar-refractivity contribution is 5.89. The number of hydrogen-bond donors (Lipinski definition) is 1. The zero-order valence-electron chi connectivity index (χ0n) is 8.74. The lowest BCUT2D eigenvalue weighted by Gasteiger charge is -2.07. The Morgan fingerprint density at radius 3 is 3.00 bits per heavy atom. The third kappa shape index (κ3) is 1.69. The molecule has 1 aliphatic heterocycles. The smallest absolute Gasteiger partial charge is 0.323 e. The number of methoxy groups -OCH3 is 1. The fourth-order valence-corrected chi connectivity index (χ4v) is 1.56. The van der Waals surface area contributed by atoms with Crippen molar-refractivity contribution in [3.8, 4) is 17.2 Å². The molecule has 2 rings (SSSR count). The zero-order chi connectivity index (χ0) is 12.4. The van der Waals surface area contributed by atoms with E-state index in [1.807, 2.05) is 0 Å². The van der Waals surface area contributed by atoms with Crippen molar-refractivity contribution in [3.05, 3.63) is 21.7 Å². The molecule has 0 spiro atoms. The molecule has 90 valence electrons. The van der Waals surface area contributed by atoms with Gasteiger partial charge in [0.2, 0.25) is 18.3 Å². The van der Waals surface area contributed by atoms with Crippen molar-refractivity contribution in [2.75, 3.05) is 13.9 Å². The Kier molecular flexibility index (Phi) is 2.69. The van der Waals surface area contributed by atoms with Crippen LogP contribution in [-0.2, 0) is 0 Å². The number of hydrogen-bond acceptors (Lipinski definition) is 7. The van der Waals surface area contributed by atoms with E-state index in [-0.39, 0.29) is 29.5 Å². The molecule has 1 aliphatic rings. The van der Waals surface area contributed by atoms with Gasteiger partial charge in [0, 0.05) is 6.07 Å². The molecule has 0 unspecified atom stereocenters. The van der Waals surface area contributed by atoms with Crippen molar-refractivity contribution < 1.29 is 24.3 Å². The number of nitrogens with zero attached hydrogens (tertiary/aromatic N) is 2. The van der Waals surface area contributed by atoms with Crippen LogP contribution in [0.1, 0.15) is 5.56 Å². The van der Waals surface area contributed by atoms with E-state index < -0.39 is 4.92 Å². The predicted octanol–water partition coefficient (Wildman–Crippen LogP) is 1.14. The molecule has 0 aliphatic carbocycles. The van der Waals surface area contributed by atoms with Crippen LogP contribution >= 0.6 is 0 Å². The summed E-state index contributed by atoms with van der Waals surface area (Å²) >= 11 is 0. The van der Waals surface area contributed by atoms with Gasteiger partial charge in [0.15, 0.2) is 5.75 Å². The number of fused-ring (bicyclic) bond motifs is 1. The maximum atomic E-state index is 11.0. The highest BCUT2D eigenvalue weighted by atomic mass is 16.7. The van der Waals surface area contributed by atoms with Gasteiger partial charge in [-0.05, 0) is 0 Å². The second-order valence-electron chi connectivity index (χ2n) is 3.08. The second kappa shape index (κ2) is 4.16.